The van der Waals surface area contributed by atoms with Crippen molar-refractivity contribution < 1.29 is 23.6 Å². The van der Waals surface area contributed by atoms with Crippen molar-refractivity contribution in [2.24, 2.45) is 0 Å². The van der Waals surface area contributed by atoms with Gasteiger partial charge in [0.25, 0.3) is 5.91 Å². The minimum atomic E-state index is -0.779. The number of rotatable bonds is 3. The van der Waals surface area contributed by atoms with Gasteiger partial charge in [-0.1, -0.05) is 17.7 Å². The highest BCUT2D eigenvalue weighted by Gasteiger charge is 2.34. The van der Waals surface area contributed by atoms with E-state index < -0.39 is 23.8 Å². The van der Waals surface area contributed by atoms with Gasteiger partial charge in [-0.2, -0.15) is 0 Å². The van der Waals surface area contributed by atoms with Gasteiger partial charge in [0.1, 0.15) is 5.82 Å². The normalized spacial score (nSPS) is 18.3. The van der Waals surface area contributed by atoms with Crippen molar-refractivity contribution in [1.29, 1.82) is 0 Å². The minimum absolute atomic E-state index is 0.150. The van der Waals surface area contributed by atoms with Crippen LogP contribution in [-0.4, -0.2) is 34.7 Å². The van der Waals surface area contributed by atoms with Gasteiger partial charge >= 0.3 is 6.03 Å². The maximum absolute atomic E-state index is 13.2. The van der Waals surface area contributed by atoms with Gasteiger partial charge in [-0.3, -0.25) is 29.9 Å². The molecule has 1 fully saturated rings. The van der Waals surface area contributed by atoms with Crippen molar-refractivity contribution in [2.45, 2.75) is 32.0 Å². The summed E-state index contributed by atoms with van der Waals surface area (Å²) in [6, 6.07) is 7.56. The molecule has 2 aromatic carbocycles. The first-order chi connectivity index (χ1) is 14.8. The molecule has 1 unspecified atom stereocenters. The minimum Gasteiger partial charge on any atom is -0.308 e. The number of imide groups is 2. The number of anilines is 1. The van der Waals surface area contributed by atoms with E-state index in [1.54, 1.807) is 18.2 Å². The summed E-state index contributed by atoms with van der Waals surface area (Å²) in [5, 5.41) is 6.84. The van der Waals surface area contributed by atoms with Crippen LogP contribution in [0.15, 0.2) is 36.4 Å². The summed E-state index contributed by atoms with van der Waals surface area (Å²) in [7, 11) is 0. The zero-order chi connectivity index (χ0) is 22.1. The van der Waals surface area contributed by atoms with Crippen molar-refractivity contribution >= 4 is 41.0 Å². The fourth-order valence-corrected chi connectivity index (χ4v) is 3.91. The fraction of sp³-hybridized carbons (Fsp3) is 0.238. The predicted molar refractivity (Wildman–Crippen MR) is 110 cm³/mol. The van der Waals surface area contributed by atoms with E-state index in [9.17, 15) is 23.6 Å². The standard InChI is InChI=1S/C21H18ClFN4O4/c22-15-8-14(3-4-16(15)23)24-21(31)26-19(29)11-1-2-12-9-27(10-13(12)7-11)17-5-6-18(28)25-20(17)30/h1-4,7-8,17H,5-6,9-10H2,(H,25,28,30)(H2,24,26,29,31). The topological polar surface area (TPSA) is 108 Å². The van der Waals surface area contributed by atoms with Crippen molar-refractivity contribution in [3.63, 3.8) is 0 Å². The molecule has 0 saturated carbocycles. The summed E-state index contributed by atoms with van der Waals surface area (Å²) in [5.74, 6) is -1.79. The Bertz CT molecular complexity index is 1110. The van der Waals surface area contributed by atoms with Crippen molar-refractivity contribution in [3.05, 3.63) is 63.9 Å². The number of halogens is 2. The molecule has 4 rings (SSSR count). The molecular weight excluding hydrogens is 427 g/mol. The van der Waals surface area contributed by atoms with Crippen LogP contribution < -0.4 is 16.0 Å². The molecule has 2 heterocycles. The molecule has 8 nitrogen and oxygen atoms in total. The summed E-state index contributed by atoms with van der Waals surface area (Å²) in [4.78, 5) is 50.0. The second kappa shape index (κ2) is 8.44. The molecule has 0 aromatic heterocycles. The van der Waals surface area contributed by atoms with Gasteiger partial charge in [-0.25, -0.2) is 9.18 Å². The third kappa shape index (κ3) is 4.57. The maximum Gasteiger partial charge on any atom is 0.326 e. The lowest BCUT2D eigenvalue weighted by molar-refractivity contribution is -0.137. The van der Waals surface area contributed by atoms with Crippen molar-refractivity contribution in [1.82, 2.24) is 15.5 Å². The first-order valence-electron chi connectivity index (χ1n) is 9.57. The quantitative estimate of drug-likeness (QED) is 0.631. The monoisotopic (exact) mass is 444 g/mol. The van der Waals surface area contributed by atoms with Crippen LogP contribution in [0.1, 0.15) is 34.3 Å². The Labute approximate surface area is 181 Å². The Balaban J connectivity index is 1.39. The van der Waals surface area contributed by atoms with Crippen molar-refractivity contribution in [2.75, 3.05) is 5.32 Å². The van der Waals surface area contributed by atoms with Crippen LogP contribution in [0.2, 0.25) is 5.02 Å². The van der Waals surface area contributed by atoms with E-state index in [0.717, 1.165) is 17.2 Å². The highest BCUT2D eigenvalue weighted by molar-refractivity contribution is 6.31. The first kappa shape index (κ1) is 21.0. The number of fused-ring (bicyclic) bond motifs is 1. The largest absolute Gasteiger partial charge is 0.326 e. The van der Waals surface area contributed by atoms with Crippen LogP contribution in [0.4, 0.5) is 14.9 Å². The third-order valence-electron chi connectivity index (χ3n) is 5.27. The molecule has 10 heteroatoms. The SMILES string of the molecule is O=C1CCC(N2Cc3ccc(C(=O)NC(=O)Nc4ccc(F)c(Cl)c4)cc3C2)C(=O)N1. The first-order valence-corrected chi connectivity index (χ1v) is 9.95. The molecule has 0 radical (unpaired) electrons. The number of carbonyl (C=O) groups is 4. The molecule has 2 aliphatic heterocycles. The summed E-state index contributed by atoms with van der Waals surface area (Å²) in [6.07, 6.45) is 0.755. The molecule has 0 bridgehead atoms. The highest BCUT2D eigenvalue weighted by Crippen LogP contribution is 2.28. The van der Waals surface area contributed by atoms with Gasteiger partial charge in [0.2, 0.25) is 11.8 Å². The second-order valence-corrected chi connectivity index (χ2v) is 7.80. The van der Waals surface area contributed by atoms with E-state index in [0.29, 0.717) is 25.9 Å². The number of hydrogen-bond donors (Lipinski definition) is 3. The van der Waals surface area contributed by atoms with Crippen LogP contribution in [0.25, 0.3) is 0 Å². The summed E-state index contributed by atoms with van der Waals surface area (Å²) < 4.78 is 13.2. The molecular formula is C21H18ClFN4O4. The highest BCUT2D eigenvalue weighted by atomic mass is 35.5. The van der Waals surface area contributed by atoms with Crippen LogP contribution in [0.5, 0.6) is 0 Å². The van der Waals surface area contributed by atoms with Gasteiger partial charge in [-0.15, -0.1) is 0 Å². The lowest BCUT2D eigenvalue weighted by atomic mass is 10.0. The number of nitrogens with one attached hydrogen (secondary N) is 3. The lowest BCUT2D eigenvalue weighted by Crippen LogP contribution is -2.50. The van der Waals surface area contributed by atoms with Gasteiger partial charge in [0.05, 0.1) is 11.1 Å². The number of amides is 5. The average Bonchev–Trinajstić information content (AvgIpc) is 3.13. The second-order valence-electron chi connectivity index (χ2n) is 7.39. The zero-order valence-electron chi connectivity index (χ0n) is 16.2. The number of piperidine rings is 1. The molecule has 0 aliphatic carbocycles. The summed E-state index contributed by atoms with van der Waals surface area (Å²) >= 11 is 5.68. The third-order valence-corrected chi connectivity index (χ3v) is 5.56. The molecule has 1 atom stereocenters. The van der Waals surface area contributed by atoms with E-state index in [4.69, 9.17) is 11.6 Å². The average molecular weight is 445 g/mol. The summed E-state index contributed by atoms with van der Waals surface area (Å²) in [6.45, 7) is 0.998. The number of carbonyl (C=O) groups excluding carboxylic acids is 4. The lowest BCUT2D eigenvalue weighted by Gasteiger charge is -2.29. The van der Waals surface area contributed by atoms with Gasteiger partial charge in [0, 0.05) is 30.8 Å². The zero-order valence-corrected chi connectivity index (χ0v) is 17.0. The molecule has 160 valence electrons. The number of hydrogen-bond acceptors (Lipinski definition) is 5. The van der Waals surface area contributed by atoms with Crippen LogP contribution in [-0.2, 0) is 22.7 Å². The van der Waals surface area contributed by atoms with Gasteiger partial charge in [0.15, 0.2) is 0 Å². The molecule has 0 spiro atoms. The van der Waals surface area contributed by atoms with Crippen LogP contribution >= 0.6 is 11.6 Å². The van der Waals surface area contributed by atoms with E-state index in [2.05, 4.69) is 16.0 Å². The van der Waals surface area contributed by atoms with E-state index in [1.165, 1.54) is 12.1 Å². The number of urea groups is 1. The smallest absolute Gasteiger partial charge is 0.308 e. The van der Waals surface area contributed by atoms with E-state index in [1.807, 2.05) is 4.90 Å². The van der Waals surface area contributed by atoms with E-state index >= 15 is 0 Å². The van der Waals surface area contributed by atoms with Crippen molar-refractivity contribution in [3.8, 4) is 0 Å². The Morgan fingerprint density at radius 3 is 2.61 bits per heavy atom. The van der Waals surface area contributed by atoms with Crippen LogP contribution in [0.3, 0.4) is 0 Å². The molecule has 1 saturated heterocycles. The molecule has 2 aromatic rings. The van der Waals surface area contributed by atoms with E-state index in [-0.39, 0.29) is 28.1 Å². The number of nitrogens with zero attached hydrogens (tertiary/aromatic N) is 1. The number of benzene rings is 2. The van der Waals surface area contributed by atoms with Gasteiger partial charge < -0.3 is 5.32 Å². The molecule has 5 amide bonds. The Morgan fingerprint density at radius 2 is 1.87 bits per heavy atom. The maximum atomic E-state index is 13.2. The Morgan fingerprint density at radius 1 is 1.10 bits per heavy atom. The van der Waals surface area contributed by atoms with Gasteiger partial charge in [-0.05, 0) is 47.9 Å². The van der Waals surface area contributed by atoms with Crippen LogP contribution in [0, 0.1) is 5.82 Å². The summed E-state index contributed by atoms with van der Waals surface area (Å²) in [5.41, 5.74) is 2.39. The molecule has 31 heavy (non-hydrogen) atoms. The predicted octanol–water partition coefficient (Wildman–Crippen LogP) is 2.56. The molecule has 3 N–H and O–H groups in total. The Kier molecular flexibility index (Phi) is 5.71. The molecule has 2 aliphatic rings. The fourth-order valence-electron chi connectivity index (χ4n) is 3.72. The Hall–Kier alpha value is -3.30.